The molecule has 0 aliphatic heterocycles. The van der Waals surface area contributed by atoms with Crippen molar-refractivity contribution in [3.63, 3.8) is 0 Å². The molecule has 0 spiro atoms. The normalized spacial score (nSPS) is 12.2. The molecule has 0 aliphatic rings. The van der Waals surface area contributed by atoms with Gasteiger partial charge in [-0.3, -0.25) is 0 Å². The van der Waals surface area contributed by atoms with E-state index in [4.69, 9.17) is 0 Å². The van der Waals surface area contributed by atoms with Gasteiger partial charge in [-0.15, -0.1) is 0 Å². The summed E-state index contributed by atoms with van der Waals surface area (Å²) >= 11 is 0. The molecule has 0 fully saturated rings. The number of hydrogen-bond acceptors (Lipinski definition) is 1. The highest BCUT2D eigenvalue weighted by molar-refractivity contribution is 5.21. The maximum absolute atomic E-state index is 13.5. The molecule has 0 aromatic heterocycles. The van der Waals surface area contributed by atoms with E-state index in [0.29, 0.717) is 12.3 Å². The van der Waals surface area contributed by atoms with Gasteiger partial charge in [0.05, 0.1) is 0 Å². The fourth-order valence-corrected chi connectivity index (χ4v) is 2.06. The Bertz CT molecular complexity index is 418. The first-order valence-electron chi connectivity index (χ1n) is 7.05. The maximum Gasteiger partial charge on any atom is 0.132 e. The minimum Gasteiger partial charge on any atom is -0.316 e. The van der Waals surface area contributed by atoms with Gasteiger partial charge in [-0.25, -0.2) is 13.2 Å². The molecule has 1 N–H and O–H groups in total. The molecule has 0 atom stereocenters. The summed E-state index contributed by atoms with van der Waals surface area (Å²) in [4.78, 5) is 0. The van der Waals surface area contributed by atoms with Gasteiger partial charge >= 0.3 is 0 Å². The molecule has 20 heavy (non-hydrogen) atoms. The monoisotopic (exact) mass is 287 g/mol. The standard InChI is InChI=1S/C16H24F3N/c1-11(2)9-20-10-16(3,4)6-5-13-14(18)7-12(17)8-15(13)19/h7-8,11,20H,5-6,9-10H2,1-4H3. The number of nitrogens with one attached hydrogen (secondary N) is 1. The SMILES string of the molecule is CC(C)CNCC(C)(C)CCc1c(F)cc(F)cc1F. The second-order valence-corrected chi connectivity index (χ2v) is 6.54. The van der Waals surface area contributed by atoms with Crippen molar-refractivity contribution in [1.82, 2.24) is 5.32 Å². The number of rotatable bonds is 7. The lowest BCUT2D eigenvalue weighted by molar-refractivity contribution is 0.305. The Morgan fingerprint density at radius 3 is 2.15 bits per heavy atom. The Labute approximate surface area is 119 Å². The summed E-state index contributed by atoms with van der Waals surface area (Å²) < 4.78 is 39.9. The third kappa shape index (κ3) is 5.53. The van der Waals surface area contributed by atoms with Crippen LogP contribution in [0.2, 0.25) is 0 Å². The van der Waals surface area contributed by atoms with Gasteiger partial charge in [0.15, 0.2) is 0 Å². The van der Waals surface area contributed by atoms with Crippen LogP contribution in [0.25, 0.3) is 0 Å². The van der Waals surface area contributed by atoms with Crippen molar-refractivity contribution >= 4 is 0 Å². The molecule has 114 valence electrons. The lowest BCUT2D eigenvalue weighted by Gasteiger charge is -2.26. The Hall–Kier alpha value is -1.03. The Morgan fingerprint density at radius 1 is 1.10 bits per heavy atom. The van der Waals surface area contributed by atoms with E-state index in [9.17, 15) is 13.2 Å². The third-order valence-electron chi connectivity index (χ3n) is 3.31. The van der Waals surface area contributed by atoms with Crippen LogP contribution in [0.3, 0.4) is 0 Å². The molecular formula is C16H24F3N. The molecule has 0 unspecified atom stereocenters. The molecule has 0 saturated carbocycles. The van der Waals surface area contributed by atoms with E-state index < -0.39 is 17.5 Å². The summed E-state index contributed by atoms with van der Waals surface area (Å²) in [7, 11) is 0. The maximum atomic E-state index is 13.5. The first-order chi connectivity index (χ1) is 9.21. The number of hydrogen-bond donors (Lipinski definition) is 1. The molecule has 0 bridgehead atoms. The van der Waals surface area contributed by atoms with Gasteiger partial charge in [0.25, 0.3) is 0 Å². The summed E-state index contributed by atoms with van der Waals surface area (Å²) in [6.45, 7) is 10.1. The number of halogens is 3. The van der Waals surface area contributed by atoms with Crippen LogP contribution in [0.5, 0.6) is 0 Å². The van der Waals surface area contributed by atoms with E-state index in [0.717, 1.165) is 25.2 Å². The lowest BCUT2D eigenvalue weighted by Crippen LogP contribution is -2.32. The minimum absolute atomic E-state index is 0.0247. The zero-order valence-corrected chi connectivity index (χ0v) is 12.7. The summed E-state index contributed by atoms with van der Waals surface area (Å²) in [5.74, 6) is -1.90. The number of benzene rings is 1. The molecule has 1 aromatic carbocycles. The lowest BCUT2D eigenvalue weighted by atomic mass is 9.86. The predicted octanol–water partition coefficient (Wildman–Crippen LogP) is 4.31. The Balaban J connectivity index is 2.57. The van der Waals surface area contributed by atoms with E-state index in [2.05, 4.69) is 33.0 Å². The van der Waals surface area contributed by atoms with Gasteiger partial charge in [0, 0.05) is 24.2 Å². The zero-order valence-electron chi connectivity index (χ0n) is 12.7. The van der Waals surface area contributed by atoms with Gasteiger partial charge in [-0.05, 0) is 30.7 Å². The molecule has 0 aliphatic carbocycles. The van der Waals surface area contributed by atoms with Gasteiger partial charge in [0.1, 0.15) is 17.5 Å². The van der Waals surface area contributed by atoms with Gasteiger partial charge in [-0.1, -0.05) is 27.7 Å². The average molecular weight is 287 g/mol. The van der Waals surface area contributed by atoms with E-state index in [1.54, 1.807) is 0 Å². The fraction of sp³-hybridized carbons (Fsp3) is 0.625. The van der Waals surface area contributed by atoms with Gasteiger partial charge in [-0.2, -0.15) is 0 Å². The summed E-state index contributed by atoms with van der Waals surface area (Å²) in [5.41, 5.74) is -0.0920. The van der Waals surface area contributed by atoms with Crippen LogP contribution < -0.4 is 5.32 Å². The Kier molecular flexibility index (Phi) is 6.06. The zero-order chi connectivity index (χ0) is 15.3. The van der Waals surface area contributed by atoms with Crippen LogP contribution in [-0.2, 0) is 6.42 Å². The van der Waals surface area contributed by atoms with Crippen molar-refractivity contribution in [2.45, 2.75) is 40.5 Å². The molecule has 4 heteroatoms. The average Bonchev–Trinajstić information content (AvgIpc) is 2.26. The smallest absolute Gasteiger partial charge is 0.132 e. The summed E-state index contributed by atoms with van der Waals surface area (Å²) in [6.07, 6.45) is 0.909. The largest absolute Gasteiger partial charge is 0.316 e. The molecule has 1 rings (SSSR count). The van der Waals surface area contributed by atoms with E-state index in [1.165, 1.54) is 0 Å². The fourth-order valence-electron chi connectivity index (χ4n) is 2.06. The quantitative estimate of drug-likeness (QED) is 0.788. The van der Waals surface area contributed by atoms with Crippen molar-refractivity contribution < 1.29 is 13.2 Å². The van der Waals surface area contributed by atoms with Crippen LogP contribution in [0.4, 0.5) is 13.2 Å². The van der Waals surface area contributed by atoms with Crippen molar-refractivity contribution in [3.05, 3.63) is 35.1 Å². The molecule has 0 heterocycles. The highest BCUT2D eigenvalue weighted by Crippen LogP contribution is 2.25. The van der Waals surface area contributed by atoms with Crippen LogP contribution in [0.15, 0.2) is 12.1 Å². The highest BCUT2D eigenvalue weighted by Gasteiger charge is 2.20. The Morgan fingerprint density at radius 2 is 1.65 bits per heavy atom. The van der Waals surface area contributed by atoms with Crippen LogP contribution >= 0.6 is 0 Å². The minimum atomic E-state index is -0.874. The predicted molar refractivity (Wildman–Crippen MR) is 76.1 cm³/mol. The van der Waals surface area contributed by atoms with Crippen molar-refractivity contribution in [2.75, 3.05) is 13.1 Å². The molecule has 0 saturated heterocycles. The van der Waals surface area contributed by atoms with Crippen LogP contribution in [0.1, 0.15) is 39.7 Å². The third-order valence-corrected chi connectivity index (χ3v) is 3.31. The van der Waals surface area contributed by atoms with E-state index in [1.807, 2.05) is 0 Å². The molecule has 0 amide bonds. The first-order valence-corrected chi connectivity index (χ1v) is 7.05. The first kappa shape index (κ1) is 17.0. The van der Waals surface area contributed by atoms with Crippen molar-refractivity contribution in [3.8, 4) is 0 Å². The van der Waals surface area contributed by atoms with Crippen molar-refractivity contribution in [2.24, 2.45) is 11.3 Å². The second-order valence-electron chi connectivity index (χ2n) is 6.54. The molecule has 1 aromatic rings. The molecular weight excluding hydrogens is 263 g/mol. The highest BCUT2D eigenvalue weighted by atomic mass is 19.1. The summed E-state index contributed by atoms with van der Waals surface area (Å²) in [5, 5.41) is 3.35. The van der Waals surface area contributed by atoms with Crippen LogP contribution in [0, 0.1) is 28.8 Å². The topological polar surface area (TPSA) is 12.0 Å². The second kappa shape index (κ2) is 7.11. The molecule has 0 radical (unpaired) electrons. The van der Waals surface area contributed by atoms with Crippen LogP contribution in [-0.4, -0.2) is 13.1 Å². The van der Waals surface area contributed by atoms with Gasteiger partial charge < -0.3 is 5.32 Å². The van der Waals surface area contributed by atoms with Crippen molar-refractivity contribution in [1.29, 1.82) is 0 Å². The van der Waals surface area contributed by atoms with E-state index in [-0.39, 0.29) is 17.4 Å². The van der Waals surface area contributed by atoms with E-state index >= 15 is 0 Å². The molecule has 1 nitrogen and oxygen atoms in total. The summed E-state index contributed by atoms with van der Waals surface area (Å²) in [6, 6.07) is 1.48. The van der Waals surface area contributed by atoms with Gasteiger partial charge in [0.2, 0.25) is 0 Å².